The maximum atomic E-state index is 10.5. The Balaban J connectivity index is 3.11. The monoisotopic (exact) mass is 247 g/mol. The van der Waals surface area contributed by atoms with Gasteiger partial charge in [-0.15, -0.1) is 0 Å². The first-order valence-electron chi connectivity index (χ1n) is 4.25. The largest absolute Gasteiger partial charge is 0.504 e. The van der Waals surface area contributed by atoms with E-state index < -0.39 is 29.3 Å². The zero-order chi connectivity index (χ0) is 12.5. The molecule has 0 heterocycles. The highest BCUT2D eigenvalue weighted by Gasteiger charge is 2.20. The Kier molecular flexibility index (Phi) is 3.46. The van der Waals surface area contributed by atoms with Crippen molar-refractivity contribution in [1.82, 2.24) is 0 Å². The number of halogens is 1. The van der Waals surface area contributed by atoms with Crippen molar-refractivity contribution in [2.45, 2.75) is 12.5 Å². The summed E-state index contributed by atoms with van der Waals surface area (Å²) >= 11 is 5.54. The average molecular weight is 248 g/mol. The van der Waals surface area contributed by atoms with E-state index in [4.69, 9.17) is 27.5 Å². The van der Waals surface area contributed by atoms with Gasteiger partial charge in [0, 0.05) is 12.0 Å². The third-order valence-electron chi connectivity index (χ3n) is 2.04. The third-order valence-corrected chi connectivity index (χ3v) is 2.33. The molecule has 88 valence electrons. The van der Waals surface area contributed by atoms with Gasteiger partial charge in [0.05, 0.1) is 5.02 Å². The lowest BCUT2D eigenvalue weighted by Gasteiger charge is -2.11. The van der Waals surface area contributed by atoms with Crippen molar-refractivity contribution in [3.05, 3.63) is 16.7 Å². The van der Waals surface area contributed by atoms with Crippen LogP contribution in [0.2, 0.25) is 5.02 Å². The Bertz CT molecular complexity index is 434. The number of hydrogen-bond donors (Lipinski definition) is 5. The molecular formula is C9H10ClNO5. The van der Waals surface area contributed by atoms with Crippen LogP contribution in [0.15, 0.2) is 6.07 Å². The number of hydrogen-bond acceptors (Lipinski definition) is 5. The number of benzene rings is 1. The molecular weight excluding hydrogens is 238 g/mol. The van der Waals surface area contributed by atoms with Crippen LogP contribution < -0.4 is 5.73 Å². The first-order chi connectivity index (χ1) is 7.34. The molecule has 1 atom stereocenters. The summed E-state index contributed by atoms with van der Waals surface area (Å²) in [6, 6.07) is -0.0831. The second-order valence-electron chi connectivity index (χ2n) is 3.21. The average Bonchev–Trinajstić information content (AvgIpc) is 2.22. The van der Waals surface area contributed by atoms with Gasteiger partial charge in [-0.2, -0.15) is 0 Å². The van der Waals surface area contributed by atoms with Crippen molar-refractivity contribution in [3.63, 3.8) is 0 Å². The molecule has 0 spiro atoms. The number of nitrogens with two attached hydrogens (primary N) is 1. The lowest BCUT2D eigenvalue weighted by atomic mass is 10.0. The highest BCUT2D eigenvalue weighted by atomic mass is 35.5. The highest BCUT2D eigenvalue weighted by molar-refractivity contribution is 6.32. The first kappa shape index (κ1) is 12.4. The zero-order valence-corrected chi connectivity index (χ0v) is 8.77. The second kappa shape index (κ2) is 4.46. The molecule has 1 aromatic carbocycles. The number of carboxylic acids is 1. The van der Waals surface area contributed by atoms with Gasteiger partial charge < -0.3 is 26.2 Å². The molecule has 0 fully saturated rings. The standard InChI is InChI=1S/C9H10ClNO5/c10-4-1-3(2-5(11)9(15)16)6(12)8(14)7(4)13/h1,5,12-14H,2,11H2,(H,15,16)/t5-/m0/s1. The summed E-state index contributed by atoms with van der Waals surface area (Å²) in [6.07, 6.45) is -0.214. The Morgan fingerprint density at radius 1 is 1.31 bits per heavy atom. The molecule has 0 amide bonds. The maximum absolute atomic E-state index is 10.5. The number of rotatable bonds is 3. The molecule has 6 N–H and O–H groups in total. The Hall–Kier alpha value is -1.66. The first-order valence-corrected chi connectivity index (χ1v) is 4.63. The van der Waals surface area contributed by atoms with Crippen LogP contribution in [0.1, 0.15) is 5.56 Å². The summed E-state index contributed by atoms with van der Waals surface area (Å²) in [5.74, 6) is -3.33. The zero-order valence-electron chi connectivity index (χ0n) is 8.01. The molecule has 1 aromatic rings. The quantitative estimate of drug-likeness (QED) is 0.493. The van der Waals surface area contributed by atoms with Crippen molar-refractivity contribution < 1.29 is 25.2 Å². The summed E-state index contributed by atoms with van der Waals surface area (Å²) in [5, 5.41) is 36.2. The van der Waals surface area contributed by atoms with Crippen LogP contribution in [0.5, 0.6) is 17.2 Å². The van der Waals surface area contributed by atoms with Gasteiger partial charge in [-0.1, -0.05) is 11.6 Å². The SMILES string of the molecule is N[C@@H](Cc1cc(Cl)c(O)c(O)c1O)C(=O)O. The van der Waals surface area contributed by atoms with Crippen molar-refractivity contribution in [2.75, 3.05) is 0 Å². The molecule has 0 aliphatic heterocycles. The third kappa shape index (κ3) is 2.29. The Morgan fingerprint density at radius 2 is 1.88 bits per heavy atom. The minimum Gasteiger partial charge on any atom is -0.504 e. The molecule has 16 heavy (non-hydrogen) atoms. The van der Waals surface area contributed by atoms with Gasteiger partial charge in [-0.05, 0) is 6.07 Å². The number of aliphatic carboxylic acids is 1. The fourth-order valence-corrected chi connectivity index (χ4v) is 1.37. The fourth-order valence-electron chi connectivity index (χ4n) is 1.15. The van der Waals surface area contributed by atoms with E-state index in [1.165, 1.54) is 0 Å². The lowest BCUT2D eigenvalue weighted by Crippen LogP contribution is -2.32. The summed E-state index contributed by atoms with van der Waals surface area (Å²) in [5.41, 5.74) is 5.31. The van der Waals surface area contributed by atoms with Crippen LogP contribution in [0.3, 0.4) is 0 Å². The van der Waals surface area contributed by atoms with Gasteiger partial charge in [0.2, 0.25) is 5.75 Å². The molecule has 7 heteroatoms. The van der Waals surface area contributed by atoms with Crippen LogP contribution in [0.25, 0.3) is 0 Å². The fraction of sp³-hybridized carbons (Fsp3) is 0.222. The molecule has 0 aliphatic carbocycles. The van der Waals surface area contributed by atoms with Gasteiger partial charge in [0.25, 0.3) is 0 Å². The van der Waals surface area contributed by atoms with Gasteiger partial charge in [-0.25, -0.2) is 0 Å². The van der Waals surface area contributed by atoms with E-state index in [0.29, 0.717) is 0 Å². The molecule has 0 radical (unpaired) electrons. The molecule has 0 aliphatic rings. The van der Waals surface area contributed by atoms with Gasteiger partial charge >= 0.3 is 5.97 Å². The molecule has 0 saturated carbocycles. The van der Waals surface area contributed by atoms with E-state index in [2.05, 4.69) is 0 Å². The molecule has 0 aromatic heterocycles. The topological polar surface area (TPSA) is 124 Å². The number of aromatic hydroxyl groups is 3. The highest BCUT2D eigenvalue weighted by Crippen LogP contribution is 2.42. The van der Waals surface area contributed by atoms with Crippen molar-refractivity contribution >= 4 is 17.6 Å². The van der Waals surface area contributed by atoms with Gasteiger partial charge in [-0.3, -0.25) is 4.79 Å². The second-order valence-corrected chi connectivity index (χ2v) is 3.62. The van der Waals surface area contributed by atoms with E-state index in [-0.39, 0.29) is 17.0 Å². The molecule has 1 rings (SSSR count). The van der Waals surface area contributed by atoms with Crippen LogP contribution in [-0.2, 0) is 11.2 Å². The van der Waals surface area contributed by atoms with Crippen molar-refractivity contribution in [2.24, 2.45) is 5.73 Å². The minimum absolute atomic E-state index is 0.0511. The number of carboxylic acid groups (broad SMARTS) is 1. The van der Waals surface area contributed by atoms with E-state index in [1.54, 1.807) is 0 Å². The summed E-state index contributed by atoms with van der Waals surface area (Å²) in [7, 11) is 0. The van der Waals surface area contributed by atoms with Gasteiger partial charge in [0.15, 0.2) is 11.5 Å². The number of carbonyl (C=O) groups is 1. The normalized spacial score (nSPS) is 12.4. The molecule has 0 bridgehead atoms. The predicted octanol–water partition coefficient (Wildman–Crippen LogP) is 0.411. The van der Waals surface area contributed by atoms with Crippen LogP contribution in [0.4, 0.5) is 0 Å². The summed E-state index contributed by atoms with van der Waals surface area (Å²) in [4.78, 5) is 10.5. The molecule has 6 nitrogen and oxygen atoms in total. The maximum Gasteiger partial charge on any atom is 0.320 e. The Morgan fingerprint density at radius 3 is 2.38 bits per heavy atom. The Labute approximate surface area is 95.5 Å². The van der Waals surface area contributed by atoms with Crippen LogP contribution in [-0.4, -0.2) is 32.4 Å². The van der Waals surface area contributed by atoms with Crippen LogP contribution >= 0.6 is 11.6 Å². The summed E-state index contributed by atoms with van der Waals surface area (Å²) in [6.45, 7) is 0. The number of phenolic OH excluding ortho intramolecular Hbond substituents is 3. The number of phenols is 3. The molecule has 0 unspecified atom stereocenters. The predicted molar refractivity (Wildman–Crippen MR) is 55.8 cm³/mol. The van der Waals surface area contributed by atoms with Gasteiger partial charge in [0.1, 0.15) is 6.04 Å². The van der Waals surface area contributed by atoms with Crippen molar-refractivity contribution in [1.29, 1.82) is 0 Å². The van der Waals surface area contributed by atoms with E-state index in [9.17, 15) is 15.0 Å². The van der Waals surface area contributed by atoms with E-state index in [1.807, 2.05) is 0 Å². The van der Waals surface area contributed by atoms with Crippen molar-refractivity contribution in [3.8, 4) is 17.2 Å². The minimum atomic E-state index is -1.25. The molecule has 0 saturated heterocycles. The smallest absolute Gasteiger partial charge is 0.320 e. The van der Waals surface area contributed by atoms with E-state index in [0.717, 1.165) is 6.07 Å². The van der Waals surface area contributed by atoms with Crippen LogP contribution in [0, 0.1) is 0 Å². The summed E-state index contributed by atoms with van der Waals surface area (Å²) < 4.78 is 0. The lowest BCUT2D eigenvalue weighted by molar-refractivity contribution is -0.138. The van der Waals surface area contributed by atoms with E-state index >= 15 is 0 Å².